The Bertz CT molecular complexity index is 372. The number of hydrogen-bond donors (Lipinski definition) is 0. The second-order valence-corrected chi connectivity index (χ2v) is 9.44. The minimum absolute atomic E-state index is 0.228. The summed E-state index contributed by atoms with van der Waals surface area (Å²) in [6.07, 6.45) is 5.88. The van der Waals surface area contributed by atoms with Crippen molar-refractivity contribution in [2.45, 2.75) is 25.7 Å². The van der Waals surface area contributed by atoms with Crippen LogP contribution in [0, 0.1) is 11.8 Å². The van der Waals surface area contributed by atoms with Gasteiger partial charge in [-0.1, -0.05) is 0 Å². The highest BCUT2D eigenvalue weighted by Gasteiger charge is 2.25. The van der Waals surface area contributed by atoms with Crippen molar-refractivity contribution in [2.75, 3.05) is 24.0 Å². The van der Waals surface area contributed by atoms with Crippen LogP contribution in [0.2, 0.25) is 0 Å². The van der Waals surface area contributed by atoms with E-state index in [1.807, 2.05) is 0 Å². The molecule has 4 nitrogen and oxygen atoms in total. The Morgan fingerprint density at radius 3 is 1.19 bits per heavy atom. The van der Waals surface area contributed by atoms with Crippen molar-refractivity contribution in [2.24, 2.45) is 11.8 Å². The van der Waals surface area contributed by atoms with Gasteiger partial charge in [0.2, 0.25) is 0 Å². The molecule has 0 aromatic rings. The third-order valence-corrected chi connectivity index (χ3v) is 5.20. The quantitative estimate of drug-likeness (QED) is 0.759. The second-order valence-electron chi connectivity index (χ2n) is 5.07. The Hall–Kier alpha value is -0.100. The first-order valence-electron chi connectivity index (χ1n) is 5.51. The molecule has 0 aromatic carbocycles. The monoisotopic (exact) mass is 268 g/mol. The maximum Gasteiger partial charge on any atom is 0.147 e. The zero-order valence-corrected chi connectivity index (χ0v) is 11.5. The first-order valence-corrected chi connectivity index (χ1v) is 9.63. The first-order chi connectivity index (χ1) is 7.16. The highest BCUT2D eigenvalue weighted by molar-refractivity contribution is 7.90. The Balaban J connectivity index is 2.40. The van der Waals surface area contributed by atoms with Crippen LogP contribution in [0.15, 0.2) is 0 Å². The topological polar surface area (TPSA) is 68.3 Å². The zero-order chi connectivity index (χ0) is 12.4. The van der Waals surface area contributed by atoms with Crippen LogP contribution < -0.4 is 0 Å². The molecule has 16 heavy (non-hydrogen) atoms. The maximum atomic E-state index is 11.1. The van der Waals surface area contributed by atoms with Crippen LogP contribution in [-0.4, -0.2) is 40.9 Å². The van der Waals surface area contributed by atoms with Gasteiger partial charge >= 0.3 is 0 Å². The van der Waals surface area contributed by atoms with Crippen molar-refractivity contribution >= 4 is 19.7 Å². The Kier molecular flexibility index (Phi) is 4.40. The lowest BCUT2D eigenvalue weighted by Gasteiger charge is -2.27. The summed E-state index contributed by atoms with van der Waals surface area (Å²) < 4.78 is 44.5. The smallest absolute Gasteiger partial charge is 0.147 e. The van der Waals surface area contributed by atoms with Gasteiger partial charge in [-0.25, -0.2) is 16.8 Å². The van der Waals surface area contributed by atoms with Crippen LogP contribution in [0.3, 0.4) is 0 Å². The van der Waals surface area contributed by atoms with Crippen LogP contribution in [0.1, 0.15) is 25.7 Å². The molecule has 96 valence electrons. The largest absolute Gasteiger partial charge is 0.229 e. The Morgan fingerprint density at radius 2 is 1.00 bits per heavy atom. The van der Waals surface area contributed by atoms with Crippen molar-refractivity contribution in [3.8, 4) is 0 Å². The minimum atomic E-state index is -2.89. The van der Waals surface area contributed by atoms with E-state index in [2.05, 4.69) is 0 Å². The minimum Gasteiger partial charge on any atom is -0.229 e. The van der Waals surface area contributed by atoms with E-state index in [1.54, 1.807) is 0 Å². The molecule has 0 bridgehead atoms. The fourth-order valence-electron chi connectivity index (χ4n) is 2.42. The summed E-state index contributed by atoms with van der Waals surface area (Å²) in [6.45, 7) is 0. The normalized spacial score (nSPS) is 27.9. The Labute approximate surface area is 98.3 Å². The van der Waals surface area contributed by atoms with E-state index >= 15 is 0 Å². The fraction of sp³-hybridized carbons (Fsp3) is 1.00. The summed E-state index contributed by atoms with van der Waals surface area (Å²) in [5.74, 6) is 0.952. The molecular weight excluding hydrogens is 248 g/mol. The van der Waals surface area contributed by atoms with Crippen LogP contribution in [-0.2, 0) is 19.7 Å². The molecule has 0 saturated heterocycles. The molecule has 1 aliphatic rings. The van der Waals surface area contributed by atoms with Gasteiger partial charge in [-0.2, -0.15) is 0 Å². The van der Waals surface area contributed by atoms with Gasteiger partial charge in [0.15, 0.2) is 0 Å². The summed E-state index contributed by atoms with van der Waals surface area (Å²) in [5.41, 5.74) is 0. The van der Waals surface area contributed by atoms with Crippen LogP contribution in [0.25, 0.3) is 0 Å². The van der Waals surface area contributed by atoms with Crippen molar-refractivity contribution in [3.05, 3.63) is 0 Å². The van der Waals surface area contributed by atoms with Crippen LogP contribution in [0.5, 0.6) is 0 Å². The van der Waals surface area contributed by atoms with Crippen molar-refractivity contribution in [3.63, 3.8) is 0 Å². The van der Waals surface area contributed by atoms with E-state index in [-0.39, 0.29) is 23.3 Å². The van der Waals surface area contributed by atoms with E-state index in [0.717, 1.165) is 25.7 Å². The van der Waals surface area contributed by atoms with E-state index in [1.165, 1.54) is 12.5 Å². The molecular formula is C10H20O4S2. The van der Waals surface area contributed by atoms with Gasteiger partial charge in [-0.3, -0.25) is 0 Å². The third-order valence-electron chi connectivity index (χ3n) is 3.04. The Morgan fingerprint density at radius 1 is 0.750 bits per heavy atom. The lowest BCUT2D eigenvalue weighted by molar-refractivity contribution is 0.310. The molecule has 6 heteroatoms. The SMILES string of the molecule is CS(=O)(=O)CC1CCC(CS(C)(=O)=O)CC1. The molecule has 0 aliphatic heterocycles. The molecule has 1 rings (SSSR count). The van der Waals surface area contributed by atoms with Gasteiger partial charge in [0.25, 0.3) is 0 Å². The lowest BCUT2D eigenvalue weighted by Crippen LogP contribution is -2.25. The summed E-state index contributed by atoms with van der Waals surface area (Å²) in [6, 6.07) is 0. The van der Waals surface area contributed by atoms with Gasteiger partial charge in [-0.05, 0) is 37.5 Å². The highest BCUT2D eigenvalue weighted by atomic mass is 32.2. The van der Waals surface area contributed by atoms with Crippen molar-refractivity contribution in [1.82, 2.24) is 0 Å². The standard InChI is InChI=1S/C10H20O4S2/c1-15(11,12)7-9-3-5-10(6-4-9)8-16(2,13)14/h9-10H,3-8H2,1-2H3. The fourth-order valence-corrected chi connectivity index (χ4v) is 4.80. The number of rotatable bonds is 4. The molecule has 1 saturated carbocycles. The van der Waals surface area contributed by atoms with Crippen LogP contribution in [0.4, 0.5) is 0 Å². The number of hydrogen-bond acceptors (Lipinski definition) is 4. The lowest BCUT2D eigenvalue weighted by atomic mass is 9.84. The number of sulfone groups is 2. The average Bonchev–Trinajstić information content (AvgIpc) is 2.03. The molecule has 0 atom stereocenters. The second kappa shape index (κ2) is 5.04. The molecule has 0 aromatic heterocycles. The van der Waals surface area contributed by atoms with Gasteiger partial charge in [-0.15, -0.1) is 0 Å². The van der Waals surface area contributed by atoms with Crippen molar-refractivity contribution in [1.29, 1.82) is 0 Å². The highest BCUT2D eigenvalue weighted by Crippen LogP contribution is 2.30. The summed E-state index contributed by atoms with van der Waals surface area (Å²) in [4.78, 5) is 0. The molecule has 0 heterocycles. The van der Waals surface area contributed by atoms with Crippen molar-refractivity contribution < 1.29 is 16.8 Å². The third kappa shape index (κ3) is 5.84. The van der Waals surface area contributed by atoms with E-state index < -0.39 is 19.7 Å². The molecule has 0 unspecified atom stereocenters. The molecule has 0 N–H and O–H groups in total. The summed E-state index contributed by atoms with van der Waals surface area (Å²) in [7, 11) is -5.79. The van der Waals surface area contributed by atoms with Crippen LogP contribution >= 0.6 is 0 Å². The summed E-state index contributed by atoms with van der Waals surface area (Å²) in [5, 5.41) is 0. The molecule has 0 amide bonds. The summed E-state index contributed by atoms with van der Waals surface area (Å²) >= 11 is 0. The van der Waals surface area contributed by atoms with E-state index in [0.29, 0.717) is 0 Å². The van der Waals surface area contributed by atoms with Gasteiger partial charge < -0.3 is 0 Å². The molecule has 0 spiro atoms. The maximum absolute atomic E-state index is 11.1. The predicted molar refractivity (Wildman–Crippen MR) is 64.9 cm³/mol. The van der Waals surface area contributed by atoms with Gasteiger partial charge in [0.05, 0.1) is 11.5 Å². The predicted octanol–water partition coefficient (Wildman–Crippen LogP) is 0.882. The average molecular weight is 268 g/mol. The van der Waals surface area contributed by atoms with Gasteiger partial charge in [0, 0.05) is 12.5 Å². The molecule has 1 fully saturated rings. The zero-order valence-electron chi connectivity index (χ0n) is 9.85. The van der Waals surface area contributed by atoms with E-state index in [9.17, 15) is 16.8 Å². The molecule has 0 radical (unpaired) electrons. The first kappa shape index (κ1) is 14.0. The molecule has 1 aliphatic carbocycles. The van der Waals surface area contributed by atoms with Gasteiger partial charge in [0.1, 0.15) is 19.7 Å². The van der Waals surface area contributed by atoms with E-state index in [4.69, 9.17) is 0 Å².